The molecule has 0 amide bonds. The van der Waals surface area contributed by atoms with Crippen molar-refractivity contribution in [3.05, 3.63) is 41.5 Å². The normalized spacial score (nSPS) is 19.3. The van der Waals surface area contributed by atoms with E-state index >= 15 is 0 Å². The fourth-order valence-corrected chi connectivity index (χ4v) is 2.25. The highest BCUT2D eigenvalue weighted by Gasteiger charge is 2.18. The quantitative estimate of drug-likeness (QED) is 0.657. The number of fused-ring (bicyclic) bond motifs is 1. The molecule has 1 atom stereocenters. The van der Waals surface area contributed by atoms with Crippen LogP contribution in [-0.2, 0) is 0 Å². The lowest BCUT2D eigenvalue weighted by Crippen LogP contribution is -1.86. The summed E-state index contributed by atoms with van der Waals surface area (Å²) in [5, 5.41) is 0. The zero-order chi connectivity index (χ0) is 9.97. The van der Waals surface area contributed by atoms with Crippen molar-refractivity contribution in [3.63, 3.8) is 0 Å². The standard InChI is InChI=1S/C14H18/c1-3-4-7-12-10-11(2)13-8-5-6-9-14(12)13/h5-6,8-11H,3-4,7H2,1-2H3. The predicted molar refractivity (Wildman–Crippen MR) is 62.4 cm³/mol. The number of hydrogen-bond donors (Lipinski definition) is 0. The number of benzene rings is 1. The Morgan fingerprint density at radius 2 is 2.00 bits per heavy atom. The maximum atomic E-state index is 2.43. The van der Waals surface area contributed by atoms with Gasteiger partial charge in [-0.15, -0.1) is 0 Å². The average Bonchev–Trinajstić information content (AvgIpc) is 2.54. The SMILES string of the molecule is CCCCC1=CC(C)c2ccccc21. The van der Waals surface area contributed by atoms with Gasteiger partial charge in [0, 0.05) is 5.92 Å². The van der Waals surface area contributed by atoms with Crippen molar-refractivity contribution >= 4 is 5.57 Å². The molecule has 0 saturated carbocycles. The molecule has 74 valence electrons. The van der Waals surface area contributed by atoms with E-state index in [1.165, 1.54) is 30.4 Å². The van der Waals surface area contributed by atoms with Gasteiger partial charge in [-0.3, -0.25) is 0 Å². The van der Waals surface area contributed by atoms with E-state index in [4.69, 9.17) is 0 Å². The lowest BCUT2D eigenvalue weighted by Gasteiger charge is -2.05. The van der Waals surface area contributed by atoms with Crippen molar-refractivity contribution in [3.8, 4) is 0 Å². The highest BCUT2D eigenvalue weighted by Crippen LogP contribution is 2.37. The van der Waals surface area contributed by atoms with Crippen molar-refractivity contribution in [2.24, 2.45) is 0 Å². The van der Waals surface area contributed by atoms with E-state index in [0.717, 1.165) is 0 Å². The minimum Gasteiger partial charge on any atom is -0.0734 e. The zero-order valence-corrected chi connectivity index (χ0v) is 9.09. The van der Waals surface area contributed by atoms with Gasteiger partial charge < -0.3 is 0 Å². The molecule has 2 rings (SSSR count). The summed E-state index contributed by atoms with van der Waals surface area (Å²) in [6.45, 7) is 4.54. The molecule has 1 aliphatic carbocycles. The molecular formula is C14H18. The Balaban J connectivity index is 2.25. The summed E-state index contributed by atoms with van der Waals surface area (Å²) in [6.07, 6.45) is 6.28. The Labute approximate surface area is 86.7 Å². The van der Waals surface area contributed by atoms with Crippen LogP contribution in [0, 0.1) is 0 Å². The first kappa shape index (κ1) is 9.51. The lowest BCUT2D eigenvalue weighted by atomic mass is 10.00. The van der Waals surface area contributed by atoms with Crippen molar-refractivity contribution < 1.29 is 0 Å². The second-order valence-electron chi connectivity index (χ2n) is 4.17. The molecule has 0 radical (unpaired) electrons. The fraction of sp³-hybridized carbons (Fsp3) is 0.429. The van der Waals surface area contributed by atoms with Crippen LogP contribution in [-0.4, -0.2) is 0 Å². The van der Waals surface area contributed by atoms with Gasteiger partial charge in [-0.05, 0) is 29.5 Å². The van der Waals surface area contributed by atoms with Crippen LogP contribution in [0.2, 0.25) is 0 Å². The van der Waals surface area contributed by atoms with E-state index in [9.17, 15) is 0 Å². The summed E-state index contributed by atoms with van der Waals surface area (Å²) in [4.78, 5) is 0. The third-order valence-electron chi connectivity index (χ3n) is 3.05. The topological polar surface area (TPSA) is 0 Å². The van der Waals surface area contributed by atoms with Crippen LogP contribution in [0.15, 0.2) is 30.3 Å². The Hall–Kier alpha value is -1.04. The molecule has 1 aromatic rings. The molecule has 0 aliphatic heterocycles. The molecule has 0 spiro atoms. The van der Waals surface area contributed by atoms with Gasteiger partial charge in [0.25, 0.3) is 0 Å². The molecule has 0 nitrogen and oxygen atoms in total. The Kier molecular flexibility index (Phi) is 2.72. The minimum atomic E-state index is 0.623. The van der Waals surface area contributed by atoms with E-state index < -0.39 is 0 Å². The highest BCUT2D eigenvalue weighted by atomic mass is 14.2. The number of hydrogen-bond acceptors (Lipinski definition) is 0. The summed E-state index contributed by atoms with van der Waals surface area (Å²) >= 11 is 0. The van der Waals surface area contributed by atoms with Gasteiger partial charge in [0.15, 0.2) is 0 Å². The Bertz CT molecular complexity index is 347. The molecule has 0 heterocycles. The van der Waals surface area contributed by atoms with Crippen molar-refractivity contribution in [1.82, 2.24) is 0 Å². The average molecular weight is 186 g/mol. The van der Waals surface area contributed by atoms with Gasteiger partial charge in [0.05, 0.1) is 0 Å². The largest absolute Gasteiger partial charge is 0.0734 e. The van der Waals surface area contributed by atoms with Gasteiger partial charge in [-0.2, -0.15) is 0 Å². The van der Waals surface area contributed by atoms with Gasteiger partial charge in [0.2, 0.25) is 0 Å². The van der Waals surface area contributed by atoms with Crippen molar-refractivity contribution in [2.45, 2.75) is 39.0 Å². The molecule has 14 heavy (non-hydrogen) atoms. The maximum Gasteiger partial charge on any atom is 0.000163 e. The van der Waals surface area contributed by atoms with Gasteiger partial charge in [0.1, 0.15) is 0 Å². The van der Waals surface area contributed by atoms with Crippen LogP contribution < -0.4 is 0 Å². The summed E-state index contributed by atoms with van der Waals surface area (Å²) in [5.74, 6) is 0.623. The summed E-state index contributed by atoms with van der Waals surface area (Å²) < 4.78 is 0. The highest BCUT2D eigenvalue weighted by molar-refractivity contribution is 5.74. The van der Waals surface area contributed by atoms with Crippen LogP contribution in [0.5, 0.6) is 0 Å². The van der Waals surface area contributed by atoms with E-state index in [-0.39, 0.29) is 0 Å². The fourth-order valence-electron chi connectivity index (χ4n) is 2.25. The van der Waals surface area contributed by atoms with Gasteiger partial charge in [-0.1, -0.05) is 50.6 Å². The predicted octanol–water partition coefficient (Wildman–Crippen LogP) is 4.38. The van der Waals surface area contributed by atoms with Crippen LogP contribution in [0.25, 0.3) is 5.57 Å². The van der Waals surface area contributed by atoms with Crippen LogP contribution in [0.3, 0.4) is 0 Å². The van der Waals surface area contributed by atoms with E-state index in [1.807, 2.05) is 0 Å². The molecule has 0 aromatic heterocycles. The first-order chi connectivity index (χ1) is 6.83. The summed E-state index contributed by atoms with van der Waals surface area (Å²) in [7, 11) is 0. The second kappa shape index (κ2) is 4.00. The van der Waals surface area contributed by atoms with Crippen molar-refractivity contribution in [1.29, 1.82) is 0 Å². The summed E-state index contributed by atoms with van der Waals surface area (Å²) in [5.41, 5.74) is 4.57. The number of allylic oxidation sites excluding steroid dienone is 2. The lowest BCUT2D eigenvalue weighted by molar-refractivity contribution is 0.824. The molecule has 0 fully saturated rings. The van der Waals surface area contributed by atoms with Crippen LogP contribution in [0.1, 0.15) is 50.2 Å². The van der Waals surface area contributed by atoms with Gasteiger partial charge in [-0.25, -0.2) is 0 Å². The Morgan fingerprint density at radius 1 is 1.21 bits per heavy atom. The first-order valence-electron chi connectivity index (χ1n) is 5.63. The second-order valence-corrected chi connectivity index (χ2v) is 4.17. The van der Waals surface area contributed by atoms with E-state index in [2.05, 4.69) is 44.2 Å². The maximum absolute atomic E-state index is 2.43. The molecule has 0 saturated heterocycles. The third kappa shape index (κ3) is 1.61. The first-order valence-corrected chi connectivity index (χ1v) is 5.63. The van der Waals surface area contributed by atoms with E-state index in [1.54, 1.807) is 5.57 Å². The van der Waals surface area contributed by atoms with E-state index in [0.29, 0.717) is 5.92 Å². The number of unbranched alkanes of at least 4 members (excludes halogenated alkanes) is 1. The van der Waals surface area contributed by atoms with Crippen molar-refractivity contribution in [2.75, 3.05) is 0 Å². The monoisotopic (exact) mass is 186 g/mol. The third-order valence-corrected chi connectivity index (χ3v) is 3.05. The molecular weight excluding hydrogens is 168 g/mol. The zero-order valence-electron chi connectivity index (χ0n) is 9.09. The van der Waals surface area contributed by atoms with Crippen LogP contribution >= 0.6 is 0 Å². The number of rotatable bonds is 3. The van der Waals surface area contributed by atoms with Crippen LogP contribution in [0.4, 0.5) is 0 Å². The molecule has 0 heteroatoms. The molecule has 1 aromatic carbocycles. The summed E-state index contributed by atoms with van der Waals surface area (Å²) in [6, 6.07) is 8.82. The minimum absolute atomic E-state index is 0.623. The molecule has 0 N–H and O–H groups in total. The van der Waals surface area contributed by atoms with Gasteiger partial charge >= 0.3 is 0 Å². The smallest absolute Gasteiger partial charge is 0.000163 e. The molecule has 0 bridgehead atoms. The molecule has 1 unspecified atom stereocenters. The molecule has 1 aliphatic rings. The Morgan fingerprint density at radius 3 is 2.79 bits per heavy atom.